The molecule has 122 valence electrons. The molecule has 0 radical (unpaired) electrons. The quantitative estimate of drug-likeness (QED) is 0.871. The van der Waals surface area contributed by atoms with Gasteiger partial charge in [-0.15, -0.1) is 0 Å². The monoisotopic (exact) mass is 364 g/mol. The van der Waals surface area contributed by atoms with Crippen molar-refractivity contribution in [2.45, 2.75) is 19.4 Å². The summed E-state index contributed by atoms with van der Waals surface area (Å²) in [5.74, 6) is 0.0418. The van der Waals surface area contributed by atoms with Gasteiger partial charge in [0.15, 0.2) is 9.84 Å². The molecule has 1 fully saturated rings. The van der Waals surface area contributed by atoms with Gasteiger partial charge in [0.2, 0.25) is 5.91 Å². The number of rotatable bonds is 5. The second kappa shape index (κ2) is 7.06. The largest absolute Gasteiger partial charge is 0.375 e. The molecule has 1 saturated heterocycles. The first kappa shape index (κ1) is 17.4. The van der Waals surface area contributed by atoms with Crippen LogP contribution in [0.1, 0.15) is 13.3 Å². The van der Waals surface area contributed by atoms with Crippen molar-refractivity contribution in [3.8, 4) is 0 Å². The molecule has 0 aromatic heterocycles. The van der Waals surface area contributed by atoms with Crippen molar-refractivity contribution < 1.29 is 13.2 Å². The van der Waals surface area contributed by atoms with Crippen LogP contribution in [0.25, 0.3) is 0 Å². The normalized spacial score (nSPS) is 19.9. The van der Waals surface area contributed by atoms with E-state index >= 15 is 0 Å². The highest BCUT2D eigenvalue weighted by Gasteiger charge is 2.33. The summed E-state index contributed by atoms with van der Waals surface area (Å²) in [5.41, 5.74) is 0.581. The molecule has 8 heteroatoms. The molecule has 1 aromatic carbocycles. The number of hydrogen-bond donors (Lipinski definition) is 1. The Kier molecular flexibility index (Phi) is 5.58. The van der Waals surface area contributed by atoms with Crippen LogP contribution in [0.3, 0.4) is 0 Å². The second-order valence-corrected chi connectivity index (χ2v) is 8.21. The fraction of sp³-hybridized carbons (Fsp3) is 0.500. The smallest absolute Gasteiger partial charge is 0.242 e. The van der Waals surface area contributed by atoms with Crippen LogP contribution in [0.15, 0.2) is 18.2 Å². The number of nitrogens with one attached hydrogen (secondary N) is 1. The molecule has 1 aliphatic heterocycles. The number of amides is 1. The van der Waals surface area contributed by atoms with E-state index in [0.717, 1.165) is 0 Å². The van der Waals surface area contributed by atoms with Gasteiger partial charge in [0.1, 0.15) is 0 Å². The van der Waals surface area contributed by atoms with Gasteiger partial charge in [0, 0.05) is 12.6 Å². The van der Waals surface area contributed by atoms with Gasteiger partial charge >= 0.3 is 0 Å². The highest BCUT2D eigenvalue weighted by Crippen LogP contribution is 2.29. The lowest BCUT2D eigenvalue weighted by Gasteiger charge is -2.27. The van der Waals surface area contributed by atoms with Crippen molar-refractivity contribution in [2.24, 2.45) is 0 Å². The van der Waals surface area contributed by atoms with Crippen molar-refractivity contribution in [3.63, 3.8) is 0 Å². The Balaban J connectivity index is 2.00. The number of hydrogen-bond acceptors (Lipinski definition) is 4. The maximum absolute atomic E-state index is 12.3. The first-order valence-corrected chi connectivity index (χ1v) is 9.59. The Morgan fingerprint density at radius 1 is 1.41 bits per heavy atom. The van der Waals surface area contributed by atoms with E-state index in [9.17, 15) is 13.2 Å². The molecule has 1 unspecified atom stereocenters. The van der Waals surface area contributed by atoms with E-state index in [-0.39, 0.29) is 30.0 Å². The van der Waals surface area contributed by atoms with Crippen LogP contribution in [-0.4, -0.2) is 49.9 Å². The highest BCUT2D eigenvalue weighted by molar-refractivity contribution is 7.91. The zero-order chi connectivity index (χ0) is 16.3. The molecule has 1 amide bonds. The molecule has 0 aliphatic carbocycles. The Labute approximate surface area is 140 Å². The third-order valence-electron chi connectivity index (χ3n) is 3.69. The summed E-state index contributed by atoms with van der Waals surface area (Å²) in [7, 11) is -3.02. The summed E-state index contributed by atoms with van der Waals surface area (Å²) < 4.78 is 23.1. The summed E-state index contributed by atoms with van der Waals surface area (Å²) in [4.78, 5) is 13.9. The summed E-state index contributed by atoms with van der Waals surface area (Å²) in [6.07, 6.45) is 0.500. The third-order valence-corrected chi connectivity index (χ3v) is 6.26. The summed E-state index contributed by atoms with van der Waals surface area (Å²) >= 11 is 12.0. The molecular weight excluding hydrogens is 347 g/mol. The summed E-state index contributed by atoms with van der Waals surface area (Å²) in [6, 6.07) is 4.90. The van der Waals surface area contributed by atoms with Crippen LogP contribution < -0.4 is 5.32 Å². The van der Waals surface area contributed by atoms with Gasteiger partial charge in [-0.1, -0.05) is 29.3 Å². The van der Waals surface area contributed by atoms with Crippen LogP contribution in [-0.2, 0) is 14.6 Å². The molecule has 0 saturated carbocycles. The molecule has 1 atom stereocenters. The predicted octanol–water partition coefficient (Wildman–Crippen LogP) is 2.44. The number of benzene rings is 1. The number of anilines is 1. The first-order chi connectivity index (χ1) is 10.3. The van der Waals surface area contributed by atoms with E-state index in [1.165, 1.54) is 0 Å². The van der Waals surface area contributed by atoms with Crippen molar-refractivity contribution in [3.05, 3.63) is 28.2 Å². The van der Waals surface area contributed by atoms with Crippen molar-refractivity contribution in [1.82, 2.24) is 4.90 Å². The molecule has 2 rings (SSSR count). The van der Waals surface area contributed by atoms with E-state index in [4.69, 9.17) is 23.2 Å². The number of likely N-dealkylation sites (N-methyl/N-ethyl adjacent to an activating group) is 1. The minimum Gasteiger partial charge on any atom is -0.375 e. The lowest BCUT2D eigenvalue weighted by atomic mass is 10.2. The molecule has 22 heavy (non-hydrogen) atoms. The Hall–Kier alpha value is -0.980. The summed E-state index contributed by atoms with van der Waals surface area (Å²) in [5, 5.41) is 3.73. The van der Waals surface area contributed by atoms with Crippen LogP contribution in [0.2, 0.25) is 10.0 Å². The maximum atomic E-state index is 12.3. The third kappa shape index (κ3) is 4.06. The fourth-order valence-corrected chi connectivity index (χ4v) is 4.67. The van der Waals surface area contributed by atoms with E-state index in [2.05, 4.69) is 5.32 Å². The minimum absolute atomic E-state index is 0.0461. The van der Waals surface area contributed by atoms with Gasteiger partial charge in [-0.2, -0.15) is 0 Å². The number of carbonyl (C=O) groups is 1. The van der Waals surface area contributed by atoms with Crippen LogP contribution in [0, 0.1) is 0 Å². The Bertz CT molecular complexity index is 664. The molecule has 0 bridgehead atoms. The van der Waals surface area contributed by atoms with Gasteiger partial charge in [0.05, 0.1) is 33.8 Å². The van der Waals surface area contributed by atoms with Crippen LogP contribution in [0.4, 0.5) is 5.69 Å². The molecule has 1 heterocycles. The van der Waals surface area contributed by atoms with Gasteiger partial charge in [-0.25, -0.2) is 8.42 Å². The molecule has 1 aliphatic rings. The Morgan fingerprint density at radius 3 is 2.73 bits per heavy atom. The molecule has 0 spiro atoms. The van der Waals surface area contributed by atoms with Crippen LogP contribution >= 0.6 is 23.2 Å². The average molecular weight is 365 g/mol. The highest BCUT2D eigenvalue weighted by atomic mass is 35.5. The number of carbonyl (C=O) groups excluding carboxylic acids is 1. The summed E-state index contributed by atoms with van der Waals surface area (Å²) in [6.45, 7) is 2.36. The molecule has 5 nitrogen and oxygen atoms in total. The predicted molar refractivity (Wildman–Crippen MR) is 89.4 cm³/mol. The van der Waals surface area contributed by atoms with Gasteiger partial charge < -0.3 is 10.2 Å². The van der Waals surface area contributed by atoms with Gasteiger partial charge in [-0.05, 0) is 25.5 Å². The molecule has 1 N–H and O–H groups in total. The molecule has 1 aromatic rings. The van der Waals surface area contributed by atoms with Gasteiger partial charge in [-0.3, -0.25) is 4.79 Å². The second-order valence-electron chi connectivity index (χ2n) is 5.19. The molecular formula is C14H18Cl2N2O3S. The number of halogens is 2. The first-order valence-electron chi connectivity index (χ1n) is 7.02. The fourth-order valence-electron chi connectivity index (χ4n) is 2.57. The van der Waals surface area contributed by atoms with E-state index in [1.807, 2.05) is 6.92 Å². The van der Waals surface area contributed by atoms with Crippen molar-refractivity contribution in [1.29, 1.82) is 0 Å². The van der Waals surface area contributed by atoms with E-state index < -0.39 is 9.84 Å². The topological polar surface area (TPSA) is 66.5 Å². The Morgan fingerprint density at radius 2 is 2.14 bits per heavy atom. The maximum Gasteiger partial charge on any atom is 0.242 e. The van der Waals surface area contributed by atoms with Crippen LogP contribution in [0.5, 0.6) is 0 Å². The van der Waals surface area contributed by atoms with E-state index in [1.54, 1.807) is 23.1 Å². The van der Waals surface area contributed by atoms with Gasteiger partial charge in [0.25, 0.3) is 0 Å². The lowest BCUT2D eigenvalue weighted by molar-refractivity contribution is -0.130. The lowest BCUT2D eigenvalue weighted by Crippen LogP contribution is -2.43. The SMILES string of the molecule is CCN(C(=O)CNc1cccc(Cl)c1Cl)C1CCS(=O)(=O)C1. The number of nitrogens with zero attached hydrogens (tertiary/aromatic N) is 1. The standard InChI is InChI=1S/C14H18Cl2N2O3S/c1-2-18(10-6-7-22(20,21)9-10)13(19)8-17-12-5-3-4-11(15)14(12)16/h3-5,10,17H,2,6-9H2,1H3. The zero-order valence-corrected chi connectivity index (χ0v) is 14.5. The zero-order valence-electron chi connectivity index (χ0n) is 12.2. The minimum atomic E-state index is -3.02. The van der Waals surface area contributed by atoms with Crippen molar-refractivity contribution in [2.75, 3.05) is 29.9 Å². The van der Waals surface area contributed by atoms with Crippen molar-refractivity contribution >= 4 is 44.6 Å². The average Bonchev–Trinajstić information content (AvgIpc) is 2.81. The van der Waals surface area contributed by atoms with E-state index in [0.29, 0.717) is 28.7 Å². The number of sulfone groups is 1.